The van der Waals surface area contributed by atoms with Gasteiger partial charge in [-0.25, -0.2) is 14.4 Å². The number of rotatable bonds is 5. The van der Waals surface area contributed by atoms with Crippen LogP contribution in [-0.4, -0.2) is 67.7 Å². The molecule has 11 heteroatoms. The van der Waals surface area contributed by atoms with Gasteiger partial charge in [-0.3, -0.25) is 4.79 Å². The third-order valence-electron chi connectivity index (χ3n) is 5.11. The zero-order valence-electron chi connectivity index (χ0n) is 21.9. The van der Waals surface area contributed by atoms with Gasteiger partial charge in [-0.2, -0.15) is 0 Å². The highest BCUT2D eigenvalue weighted by Gasteiger charge is 2.29. The molecule has 0 bridgehead atoms. The first-order chi connectivity index (χ1) is 18.2. The molecule has 212 valence electrons. The van der Waals surface area contributed by atoms with Crippen LogP contribution in [0.3, 0.4) is 0 Å². The number of alkyl halides is 2. The Morgan fingerprint density at radius 1 is 0.897 bits per heavy atom. The molecule has 1 fully saturated rings. The van der Waals surface area contributed by atoms with E-state index in [1.54, 1.807) is 23.1 Å². The Hall–Kier alpha value is -3.56. The van der Waals surface area contributed by atoms with E-state index in [2.05, 4.69) is 0 Å². The van der Waals surface area contributed by atoms with Crippen molar-refractivity contribution >= 4 is 58.9 Å². The minimum Gasteiger partial charge on any atom is -0.481 e. The van der Waals surface area contributed by atoms with Gasteiger partial charge in [0.05, 0.1) is 11.5 Å². The van der Waals surface area contributed by atoms with Crippen LogP contribution >= 0.6 is 23.2 Å². The van der Waals surface area contributed by atoms with E-state index >= 15 is 0 Å². The molecule has 0 aliphatic carbocycles. The molecule has 39 heavy (non-hydrogen) atoms. The number of aliphatic carboxylic acids is 3. The Morgan fingerprint density at radius 3 is 1.74 bits per heavy atom. The quantitative estimate of drug-likeness (QED) is 0.225. The Labute approximate surface area is 237 Å². The lowest BCUT2D eigenvalue weighted by atomic mass is 9.97. The first kappa shape index (κ1) is 33.5. The molecule has 3 rings (SSSR count). The predicted octanol–water partition coefficient (Wildman–Crippen LogP) is 5.90. The number of carbonyl (C=O) groups is 4. The van der Waals surface area contributed by atoms with Crippen LogP contribution in [0.25, 0.3) is 11.6 Å². The zero-order chi connectivity index (χ0) is 29.6. The van der Waals surface area contributed by atoms with E-state index in [0.29, 0.717) is 37.1 Å². The van der Waals surface area contributed by atoms with Gasteiger partial charge in [0.1, 0.15) is 5.60 Å². The maximum absolute atomic E-state index is 11.6. The fraction of sp³-hybridized carbons (Fsp3) is 0.357. The zero-order valence-corrected chi connectivity index (χ0v) is 23.4. The van der Waals surface area contributed by atoms with Crippen LogP contribution in [-0.2, 0) is 19.1 Å². The van der Waals surface area contributed by atoms with E-state index in [0.717, 1.165) is 5.56 Å². The van der Waals surface area contributed by atoms with Crippen molar-refractivity contribution in [2.75, 3.05) is 13.1 Å². The van der Waals surface area contributed by atoms with E-state index in [-0.39, 0.29) is 12.0 Å². The lowest BCUT2D eigenvalue weighted by Gasteiger charge is -2.32. The van der Waals surface area contributed by atoms with Gasteiger partial charge in [0.25, 0.3) is 0 Å². The molecule has 1 amide bonds. The minimum absolute atomic E-state index is 0.303. The minimum atomic E-state index is -1.29. The van der Waals surface area contributed by atoms with Crippen LogP contribution in [0.1, 0.15) is 44.7 Å². The molecule has 2 aromatic rings. The summed E-state index contributed by atoms with van der Waals surface area (Å²) in [6.45, 7) is 6.37. The molecule has 0 saturated carbocycles. The summed E-state index contributed by atoms with van der Waals surface area (Å²) < 4.78 is 5.21. The SMILES string of the molecule is CC(C)(C)OC(=O)N1CCC(C(=O)O)CC1.O=C(O)C(=Cc1ccccc1)c1ccccc1.O=C(O)C(Cl)Cl. The number of carboxylic acids is 3. The largest absolute Gasteiger partial charge is 0.481 e. The second kappa shape index (κ2) is 16.4. The van der Waals surface area contributed by atoms with Crippen LogP contribution in [0, 0.1) is 5.92 Å². The van der Waals surface area contributed by atoms with Gasteiger partial charge in [-0.1, -0.05) is 83.9 Å². The monoisotopic (exact) mass is 581 g/mol. The summed E-state index contributed by atoms with van der Waals surface area (Å²) in [6.07, 6.45) is 2.34. The van der Waals surface area contributed by atoms with Crippen molar-refractivity contribution in [3.05, 3.63) is 71.8 Å². The maximum atomic E-state index is 11.6. The van der Waals surface area contributed by atoms with Crippen molar-refractivity contribution in [2.24, 2.45) is 5.92 Å². The van der Waals surface area contributed by atoms with Gasteiger partial charge in [-0.05, 0) is 50.8 Å². The Bertz CT molecular complexity index is 1110. The number of likely N-dealkylation sites (tertiary alicyclic amines) is 1. The van der Waals surface area contributed by atoms with Gasteiger partial charge < -0.3 is 25.0 Å². The molecule has 1 aliphatic heterocycles. The summed E-state index contributed by atoms with van der Waals surface area (Å²) in [5.41, 5.74) is 1.40. The van der Waals surface area contributed by atoms with E-state index in [4.69, 9.17) is 38.2 Å². The number of hydrogen-bond acceptors (Lipinski definition) is 5. The maximum Gasteiger partial charge on any atom is 0.410 e. The van der Waals surface area contributed by atoms with E-state index in [1.165, 1.54) is 0 Å². The highest BCUT2D eigenvalue weighted by atomic mass is 35.5. The normalized spacial score (nSPS) is 13.8. The van der Waals surface area contributed by atoms with E-state index in [9.17, 15) is 24.3 Å². The fourth-order valence-electron chi connectivity index (χ4n) is 3.24. The lowest BCUT2D eigenvalue weighted by molar-refractivity contribution is -0.143. The average Bonchev–Trinajstić information content (AvgIpc) is 2.88. The van der Waals surface area contributed by atoms with Crippen molar-refractivity contribution in [1.29, 1.82) is 0 Å². The van der Waals surface area contributed by atoms with Crippen molar-refractivity contribution in [2.45, 2.75) is 44.1 Å². The van der Waals surface area contributed by atoms with Crippen molar-refractivity contribution in [3.8, 4) is 0 Å². The van der Waals surface area contributed by atoms with Crippen molar-refractivity contribution < 1.29 is 39.2 Å². The highest BCUT2D eigenvalue weighted by molar-refractivity contribution is 6.52. The van der Waals surface area contributed by atoms with Gasteiger partial charge in [-0.15, -0.1) is 0 Å². The number of carbonyl (C=O) groups excluding carboxylic acids is 1. The number of ether oxygens (including phenoxy) is 1. The number of benzene rings is 2. The Morgan fingerprint density at radius 2 is 1.36 bits per heavy atom. The molecule has 9 nitrogen and oxygen atoms in total. The van der Waals surface area contributed by atoms with Crippen molar-refractivity contribution in [3.63, 3.8) is 0 Å². The van der Waals surface area contributed by atoms with Gasteiger partial charge in [0.2, 0.25) is 4.84 Å². The number of nitrogens with zero attached hydrogens (tertiary/aromatic N) is 1. The number of amides is 1. The van der Waals surface area contributed by atoms with Crippen molar-refractivity contribution in [1.82, 2.24) is 4.90 Å². The first-order valence-electron chi connectivity index (χ1n) is 12.0. The van der Waals surface area contributed by atoms with Crippen LogP contribution in [0.4, 0.5) is 4.79 Å². The molecule has 1 heterocycles. The number of hydrogen-bond donors (Lipinski definition) is 3. The van der Waals surface area contributed by atoms with E-state index in [1.807, 2.05) is 69.3 Å². The van der Waals surface area contributed by atoms with E-state index < -0.39 is 28.3 Å². The van der Waals surface area contributed by atoms with Gasteiger partial charge >= 0.3 is 24.0 Å². The molecule has 2 aromatic carbocycles. The molecule has 1 aliphatic rings. The van der Waals surface area contributed by atoms with Crippen LogP contribution in [0.15, 0.2) is 60.7 Å². The second-order valence-electron chi connectivity index (χ2n) is 9.36. The molecular weight excluding hydrogens is 549 g/mol. The topological polar surface area (TPSA) is 141 Å². The second-order valence-corrected chi connectivity index (χ2v) is 10.5. The first-order valence-corrected chi connectivity index (χ1v) is 12.9. The molecule has 0 unspecified atom stereocenters. The average molecular weight is 582 g/mol. The number of halogens is 2. The summed E-state index contributed by atoms with van der Waals surface area (Å²) >= 11 is 9.56. The molecule has 0 radical (unpaired) electrons. The summed E-state index contributed by atoms with van der Waals surface area (Å²) in [5.74, 6) is -3.22. The summed E-state index contributed by atoms with van der Waals surface area (Å²) in [5, 5.41) is 25.8. The summed E-state index contributed by atoms with van der Waals surface area (Å²) in [7, 11) is 0. The highest BCUT2D eigenvalue weighted by Crippen LogP contribution is 2.20. The standard InChI is InChI=1S/C15H12O2.C11H19NO4.C2H2Cl2O2/c16-15(17)14(13-9-5-2-6-10-13)11-12-7-3-1-4-8-12;1-11(2,3)16-10(15)12-6-4-8(5-7-12)9(13)14;3-1(4)2(5)6/h1-11H,(H,16,17);8H,4-7H2,1-3H3,(H,13,14);1H,(H,5,6). The van der Waals surface area contributed by atoms with Crippen LogP contribution in [0.5, 0.6) is 0 Å². The summed E-state index contributed by atoms with van der Waals surface area (Å²) in [6, 6.07) is 18.6. The third-order valence-corrected chi connectivity index (χ3v) is 5.48. The molecule has 0 spiro atoms. The van der Waals surface area contributed by atoms with Crippen LogP contribution < -0.4 is 0 Å². The number of piperidine rings is 1. The van der Waals surface area contributed by atoms with Crippen LogP contribution in [0.2, 0.25) is 0 Å². The fourth-order valence-corrected chi connectivity index (χ4v) is 3.24. The molecule has 0 atom stereocenters. The smallest absolute Gasteiger partial charge is 0.410 e. The predicted molar refractivity (Wildman–Crippen MR) is 150 cm³/mol. The number of carboxylic acid groups (broad SMARTS) is 3. The molecule has 0 aromatic heterocycles. The van der Waals surface area contributed by atoms with Gasteiger partial charge in [0, 0.05) is 13.1 Å². The summed E-state index contributed by atoms with van der Waals surface area (Å²) in [4.78, 5) is 43.3. The third kappa shape index (κ3) is 13.7. The Kier molecular flexibility index (Phi) is 14.1. The molecular formula is C28H33Cl2NO8. The molecule has 1 saturated heterocycles. The molecule has 3 N–H and O–H groups in total. The lowest BCUT2D eigenvalue weighted by Crippen LogP contribution is -2.42. The Balaban J connectivity index is 0.000000325. The van der Waals surface area contributed by atoms with Gasteiger partial charge in [0.15, 0.2) is 0 Å².